The number of hydrogen-bond acceptors (Lipinski definition) is 4. The van der Waals surface area contributed by atoms with E-state index in [4.69, 9.17) is 0 Å². The number of hydrogen-bond donors (Lipinski definition) is 2. The van der Waals surface area contributed by atoms with Crippen molar-refractivity contribution in [1.82, 2.24) is 19.5 Å². The fourth-order valence-electron chi connectivity index (χ4n) is 4.06. The molecule has 1 amide bonds. The molecule has 0 bridgehead atoms. The predicted octanol–water partition coefficient (Wildman–Crippen LogP) is 2.74. The van der Waals surface area contributed by atoms with Gasteiger partial charge in [0.05, 0.1) is 10.5 Å². The van der Waals surface area contributed by atoms with Gasteiger partial charge < -0.3 is 15.2 Å². The Balaban J connectivity index is 1.81. The number of carbonyl (C=O) groups excluding carboxylic acids is 1. The largest absolute Gasteiger partial charge is 0.352 e. The van der Waals surface area contributed by atoms with Crippen molar-refractivity contribution in [3.8, 4) is 0 Å². The lowest BCUT2D eigenvalue weighted by molar-refractivity contribution is 0.0946. The number of nitrogens with one attached hydrogen (secondary N) is 2. The third-order valence-corrected chi connectivity index (χ3v) is 7.38. The fraction of sp³-hybridized carbons (Fsp3) is 0.565. The summed E-state index contributed by atoms with van der Waals surface area (Å²) in [7, 11) is -1.27. The average Bonchev–Trinajstić information content (AvgIpc) is 2.80. The van der Waals surface area contributed by atoms with Crippen LogP contribution in [-0.4, -0.2) is 63.6 Å². The van der Waals surface area contributed by atoms with Gasteiger partial charge >= 0.3 is 0 Å². The Kier molecular flexibility index (Phi) is 8.40. The maximum atomic E-state index is 13.0. The van der Waals surface area contributed by atoms with Gasteiger partial charge in [-0.2, -0.15) is 0 Å². The Labute approximate surface area is 186 Å². The summed E-state index contributed by atoms with van der Waals surface area (Å²) in [5.41, 5.74) is 0.582. The van der Waals surface area contributed by atoms with Crippen molar-refractivity contribution >= 4 is 27.8 Å². The molecule has 1 aliphatic heterocycles. The molecular weight excluding hydrogens is 412 g/mol. The van der Waals surface area contributed by atoms with Crippen LogP contribution in [0.25, 0.3) is 10.9 Å². The normalized spacial score (nSPS) is 17.0. The van der Waals surface area contributed by atoms with E-state index < -0.39 is 11.0 Å². The third-order valence-electron chi connectivity index (χ3n) is 5.89. The van der Waals surface area contributed by atoms with Crippen LogP contribution in [0.2, 0.25) is 0 Å². The van der Waals surface area contributed by atoms with Crippen molar-refractivity contribution in [2.24, 2.45) is 5.92 Å². The van der Waals surface area contributed by atoms with E-state index in [9.17, 15) is 13.8 Å². The van der Waals surface area contributed by atoms with E-state index in [1.165, 1.54) is 12.5 Å². The highest BCUT2D eigenvalue weighted by atomic mass is 32.2. The Morgan fingerprint density at radius 1 is 1.19 bits per heavy atom. The van der Waals surface area contributed by atoms with Crippen LogP contribution >= 0.6 is 0 Å². The van der Waals surface area contributed by atoms with Crippen LogP contribution in [0.3, 0.4) is 0 Å². The Hall–Kier alpha value is -2.03. The summed E-state index contributed by atoms with van der Waals surface area (Å²) in [5.74, 6) is 0.0164. The summed E-state index contributed by atoms with van der Waals surface area (Å²) in [4.78, 5) is 30.8. The number of fused-ring (bicyclic) bond motifs is 1. The molecule has 0 radical (unpaired) electrons. The molecule has 2 heterocycles. The van der Waals surface area contributed by atoms with Gasteiger partial charge in [0.15, 0.2) is 0 Å². The lowest BCUT2D eigenvalue weighted by Gasteiger charge is -2.25. The molecule has 1 fully saturated rings. The summed E-state index contributed by atoms with van der Waals surface area (Å²) in [6.45, 7) is 11.4. The van der Waals surface area contributed by atoms with Crippen LogP contribution < -0.4 is 10.9 Å². The highest BCUT2D eigenvalue weighted by Crippen LogP contribution is 2.22. The van der Waals surface area contributed by atoms with Gasteiger partial charge in [-0.3, -0.25) is 9.59 Å². The standard InChI is InChI=1S/C23H34N4O3S/c1-4-26(5-2)16-17(3)15-24-23(29)20-14-22(28)25-21-10-9-18(13-19(20)21)31(30)27-11-7-6-8-12-27/h9-10,13-14,17H,4-8,11-12,15-16H2,1-3H3,(H,24,29)(H,25,28). The summed E-state index contributed by atoms with van der Waals surface area (Å²) in [6, 6.07) is 6.63. The number of carbonyl (C=O) groups is 1. The molecule has 2 unspecified atom stereocenters. The second-order valence-electron chi connectivity index (χ2n) is 8.29. The van der Waals surface area contributed by atoms with Crippen molar-refractivity contribution < 1.29 is 9.00 Å². The van der Waals surface area contributed by atoms with E-state index in [-0.39, 0.29) is 11.5 Å². The first-order chi connectivity index (χ1) is 14.9. The smallest absolute Gasteiger partial charge is 0.252 e. The van der Waals surface area contributed by atoms with Crippen molar-refractivity contribution in [2.75, 3.05) is 39.3 Å². The van der Waals surface area contributed by atoms with Gasteiger partial charge in [0, 0.05) is 43.1 Å². The van der Waals surface area contributed by atoms with Gasteiger partial charge in [-0.25, -0.2) is 8.51 Å². The Morgan fingerprint density at radius 3 is 2.58 bits per heavy atom. The zero-order valence-corrected chi connectivity index (χ0v) is 19.6. The molecule has 2 aromatic rings. The molecule has 7 nitrogen and oxygen atoms in total. The van der Waals surface area contributed by atoms with Gasteiger partial charge in [-0.05, 0) is 50.0 Å². The molecule has 1 saturated heterocycles. The molecule has 2 N–H and O–H groups in total. The number of aromatic amines is 1. The molecule has 2 atom stereocenters. The first kappa shape index (κ1) is 23.6. The van der Waals surface area contributed by atoms with Crippen molar-refractivity contribution in [3.63, 3.8) is 0 Å². The first-order valence-electron chi connectivity index (χ1n) is 11.3. The van der Waals surface area contributed by atoms with Gasteiger partial charge in [0.25, 0.3) is 5.91 Å². The van der Waals surface area contributed by atoms with E-state index in [0.717, 1.165) is 45.6 Å². The molecule has 1 aromatic carbocycles. The molecule has 1 aromatic heterocycles. The van der Waals surface area contributed by atoms with Crippen molar-refractivity contribution in [2.45, 2.75) is 44.9 Å². The monoisotopic (exact) mass is 446 g/mol. The zero-order chi connectivity index (χ0) is 22.4. The number of benzene rings is 1. The molecular formula is C23H34N4O3S. The zero-order valence-electron chi connectivity index (χ0n) is 18.8. The summed E-state index contributed by atoms with van der Waals surface area (Å²) >= 11 is 0. The topological polar surface area (TPSA) is 85.5 Å². The highest BCUT2D eigenvalue weighted by Gasteiger charge is 2.20. The van der Waals surface area contributed by atoms with E-state index >= 15 is 0 Å². The fourth-order valence-corrected chi connectivity index (χ4v) is 5.35. The minimum atomic E-state index is -1.27. The number of H-pyrrole nitrogens is 1. The first-order valence-corrected chi connectivity index (χ1v) is 12.4. The molecule has 0 spiro atoms. The number of rotatable bonds is 9. The molecule has 170 valence electrons. The lowest BCUT2D eigenvalue weighted by Crippen LogP contribution is -2.35. The molecule has 8 heteroatoms. The number of amides is 1. The highest BCUT2D eigenvalue weighted by molar-refractivity contribution is 7.82. The second-order valence-corrected chi connectivity index (χ2v) is 9.78. The molecule has 3 rings (SSSR count). The predicted molar refractivity (Wildman–Crippen MR) is 126 cm³/mol. The van der Waals surface area contributed by atoms with E-state index in [1.54, 1.807) is 18.2 Å². The van der Waals surface area contributed by atoms with Crippen molar-refractivity contribution in [3.05, 3.63) is 40.2 Å². The molecule has 1 aliphatic rings. The quantitative estimate of drug-likeness (QED) is 0.620. The second kappa shape index (κ2) is 11.0. The number of aromatic nitrogens is 1. The maximum Gasteiger partial charge on any atom is 0.252 e. The minimum absolute atomic E-state index is 0.275. The van der Waals surface area contributed by atoms with Crippen LogP contribution in [0.1, 0.15) is 50.4 Å². The summed E-state index contributed by atoms with van der Waals surface area (Å²) in [5, 5.41) is 3.60. The van der Waals surface area contributed by atoms with Crippen molar-refractivity contribution in [1.29, 1.82) is 0 Å². The average molecular weight is 447 g/mol. The van der Waals surface area contributed by atoms with Crippen LogP contribution in [-0.2, 0) is 11.0 Å². The van der Waals surface area contributed by atoms with Gasteiger partial charge in [0.2, 0.25) is 5.56 Å². The van der Waals surface area contributed by atoms with E-state index in [0.29, 0.717) is 33.8 Å². The van der Waals surface area contributed by atoms with Gasteiger partial charge in [-0.1, -0.05) is 27.2 Å². The lowest BCUT2D eigenvalue weighted by atomic mass is 10.1. The summed E-state index contributed by atoms with van der Waals surface area (Å²) < 4.78 is 15.0. The van der Waals surface area contributed by atoms with E-state index in [1.807, 2.05) is 4.31 Å². The van der Waals surface area contributed by atoms with Crippen LogP contribution in [0.5, 0.6) is 0 Å². The Bertz CT molecular complexity index is 980. The van der Waals surface area contributed by atoms with E-state index in [2.05, 4.69) is 36.0 Å². The summed E-state index contributed by atoms with van der Waals surface area (Å²) in [6.07, 6.45) is 3.27. The van der Waals surface area contributed by atoms with Gasteiger partial charge in [-0.15, -0.1) is 0 Å². The SMILES string of the molecule is CCN(CC)CC(C)CNC(=O)c1cc(=O)[nH]c2ccc(S(=O)N3CCCCC3)cc12. The molecule has 31 heavy (non-hydrogen) atoms. The number of pyridine rings is 1. The third kappa shape index (κ3) is 6.02. The van der Waals surface area contributed by atoms with Crippen LogP contribution in [0.4, 0.5) is 0 Å². The molecule has 0 aliphatic carbocycles. The van der Waals surface area contributed by atoms with Crippen LogP contribution in [0, 0.1) is 5.92 Å². The molecule has 0 saturated carbocycles. The maximum absolute atomic E-state index is 13.0. The van der Waals surface area contributed by atoms with Gasteiger partial charge in [0.1, 0.15) is 11.0 Å². The number of nitrogens with zero attached hydrogens (tertiary/aromatic N) is 2. The minimum Gasteiger partial charge on any atom is -0.352 e. The number of piperidine rings is 1. The van der Waals surface area contributed by atoms with Crippen LogP contribution in [0.15, 0.2) is 34.0 Å². The Morgan fingerprint density at radius 2 is 1.90 bits per heavy atom.